The average Bonchev–Trinajstić information content (AvgIpc) is 2.19. The molecule has 82 valence electrons. The Hall–Kier alpha value is -1.61. The Morgan fingerprint density at radius 1 is 0.938 bits per heavy atom. The van der Waals surface area contributed by atoms with Gasteiger partial charge in [-0.3, -0.25) is 0 Å². The summed E-state index contributed by atoms with van der Waals surface area (Å²) >= 11 is 5.66. The highest BCUT2D eigenvalue weighted by atomic mass is 35.5. The second-order valence-corrected chi connectivity index (χ2v) is 3.72. The lowest BCUT2D eigenvalue weighted by Gasteiger charge is -2.06. The van der Waals surface area contributed by atoms with Gasteiger partial charge in [0.2, 0.25) is 0 Å². The van der Waals surface area contributed by atoms with E-state index in [9.17, 15) is 13.9 Å². The Morgan fingerprint density at radius 2 is 1.62 bits per heavy atom. The molecule has 2 aromatic rings. The van der Waals surface area contributed by atoms with Crippen LogP contribution in [0.3, 0.4) is 0 Å². The number of aromatic hydroxyl groups is 1. The molecule has 2 rings (SSSR count). The maximum atomic E-state index is 13.4. The van der Waals surface area contributed by atoms with Crippen LogP contribution in [0.25, 0.3) is 11.1 Å². The van der Waals surface area contributed by atoms with Crippen molar-refractivity contribution >= 4 is 11.6 Å². The van der Waals surface area contributed by atoms with E-state index in [4.69, 9.17) is 11.6 Å². The van der Waals surface area contributed by atoms with E-state index in [1.165, 1.54) is 24.3 Å². The zero-order valence-electron chi connectivity index (χ0n) is 8.05. The topological polar surface area (TPSA) is 20.2 Å². The van der Waals surface area contributed by atoms with Gasteiger partial charge < -0.3 is 5.11 Å². The summed E-state index contributed by atoms with van der Waals surface area (Å²) in [7, 11) is 0. The minimum atomic E-state index is -0.724. The number of hydrogen-bond acceptors (Lipinski definition) is 1. The third-order valence-electron chi connectivity index (χ3n) is 2.18. The molecule has 0 amide bonds. The highest BCUT2D eigenvalue weighted by Gasteiger charge is 2.10. The normalized spacial score (nSPS) is 10.4. The molecule has 0 aliphatic carbocycles. The second-order valence-electron chi connectivity index (χ2n) is 3.29. The van der Waals surface area contributed by atoms with E-state index in [0.717, 1.165) is 12.1 Å². The molecular formula is C12H7ClF2O. The quantitative estimate of drug-likeness (QED) is 0.799. The molecule has 0 unspecified atom stereocenters. The van der Waals surface area contributed by atoms with Crippen LogP contribution < -0.4 is 0 Å². The lowest BCUT2D eigenvalue weighted by atomic mass is 10.0. The second kappa shape index (κ2) is 4.10. The van der Waals surface area contributed by atoms with E-state index >= 15 is 0 Å². The van der Waals surface area contributed by atoms with Crippen LogP contribution in [0, 0.1) is 11.6 Å². The first-order valence-corrected chi connectivity index (χ1v) is 4.89. The molecule has 1 nitrogen and oxygen atoms in total. The van der Waals surface area contributed by atoms with E-state index in [1.807, 2.05) is 0 Å². The summed E-state index contributed by atoms with van der Waals surface area (Å²) < 4.78 is 26.1. The van der Waals surface area contributed by atoms with Crippen LogP contribution in [-0.2, 0) is 0 Å². The number of benzene rings is 2. The minimum absolute atomic E-state index is 0.135. The molecule has 0 aliphatic rings. The third kappa shape index (κ3) is 1.99. The number of phenols is 1. The Kier molecular flexibility index (Phi) is 2.79. The Labute approximate surface area is 95.9 Å². The molecule has 0 radical (unpaired) electrons. The summed E-state index contributed by atoms with van der Waals surface area (Å²) in [4.78, 5) is 0. The Morgan fingerprint density at radius 3 is 2.25 bits per heavy atom. The summed E-state index contributed by atoms with van der Waals surface area (Å²) in [5, 5.41) is 9.94. The van der Waals surface area contributed by atoms with Gasteiger partial charge in [-0.25, -0.2) is 8.78 Å². The number of halogens is 3. The predicted molar refractivity (Wildman–Crippen MR) is 58.5 cm³/mol. The molecule has 0 fully saturated rings. The van der Waals surface area contributed by atoms with Crippen molar-refractivity contribution in [1.82, 2.24) is 0 Å². The minimum Gasteiger partial charge on any atom is -0.507 e. The lowest BCUT2D eigenvalue weighted by Crippen LogP contribution is -1.86. The molecular weight excluding hydrogens is 234 g/mol. The van der Waals surface area contributed by atoms with Crippen molar-refractivity contribution in [2.24, 2.45) is 0 Å². The van der Waals surface area contributed by atoms with Crippen LogP contribution >= 0.6 is 11.6 Å². The largest absolute Gasteiger partial charge is 0.507 e. The molecule has 0 aliphatic heterocycles. The van der Waals surface area contributed by atoms with Crippen molar-refractivity contribution in [2.75, 3.05) is 0 Å². The van der Waals surface area contributed by atoms with Gasteiger partial charge in [0.15, 0.2) is 0 Å². The van der Waals surface area contributed by atoms with Crippen LogP contribution in [0.4, 0.5) is 8.78 Å². The number of phenolic OH excluding ortho intramolecular Hbond substituents is 1. The summed E-state index contributed by atoms with van der Waals surface area (Å²) in [6, 6.07) is 7.48. The molecule has 0 saturated carbocycles. The highest BCUT2D eigenvalue weighted by molar-refractivity contribution is 6.30. The first-order valence-electron chi connectivity index (χ1n) is 4.52. The van der Waals surface area contributed by atoms with Crippen LogP contribution in [0.2, 0.25) is 5.02 Å². The van der Waals surface area contributed by atoms with Crippen molar-refractivity contribution in [3.05, 3.63) is 53.1 Å². The van der Waals surface area contributed by atoms with E-state index in [1.54, 1.807) is 0 Å². The van der Waals surface area contributed by atoms with Gasteiger partial charge >= 0.3 is 0 Å². The zero-order chi connectivity index (χ0) is 11.7. The number of hydrogen-bond donors (Lipinski definition) is 1. The van der Waals surface area contributed by atoms with Gasteiger partial charge in [-0.05, 0) is 30.3 Å². The van der Waals surface area contributed by atoms with Gasteiger partial charge in [0, 0.05) is 22.2 Å². The number of rotatable bonds is 1. The Balaban J connectivity index is 2.59. The molecule has 2 aromatic carbocycles. The molecule has 0 saturated heterocycles. The maximum Gasteiger partial charge on any atom is 0.134 e. The standard InChI is InChI=1S/C12H7ClF2O/c13-7-1-3-10(12(16)5-7)9-4-2-8(14)6-11(9)15/h1-6,16H. The van der Waals surface area contributed by atoms with Crippen LogP contribution in [0.1, 0.15) is 0 Å². The van der Waals surface area contributed by atoms with Gasteiger partial charge in [-0.2, -0.15) is 0 Å². The zero-order valence-corrected chi connectivity index (χ0v) is 8.80. The molecule has 4 heteroatoms. The van der Waals surface area contributed by atoms with E-state index in [2.05, 4.69) is 0 Å². The molecule has 16 heavy (non-hydrogen) atoms. The predicted octanol–water partition coefficient (Wildman–Crippen LogP) is 3.99. The van der Waals surface area contributed by atoms with Crippen molar-refractivity contribution in [3.63, 3.8) is 0 Å². The highest BCUT2D eigenvalue weighted by Crippen LogP contribution is 2.33. The molecule has 0 aromatic heterocycles. The molecule has 0 atom stereocenters. The van der Waals surface area contributed by atoms with Crippen molar-refractivity contribution in [3.8, 4) is 16.9 Å². The van der Waals surface area contributed by atoms with Gasteiger partial charge in [0.05, 0.1) is 0 Å². The van der Waals surface area contributed by atoms with Crippen molar-refractivity contribution < 1.29 is 13.9 Å². The average molecular weight is 241 g/mol. The first-order chi connectivity index (χ1) is 7.58. The van der Waals surface area contributed by atoms with Gasteiger partial charge in [0.25, 0.3) is 0 Å². The van der Waals surface area contributed by atoms with E-state index in [0.29, 0.717) is 5.02 Å². The van der Waals surface area contributed by atoms with Crippen LogP contribution in [-0.4, -0.2) is 5.11 Å². The monoisotopic (exact) mass is 240 g/mol. The van der Waals surface area contributed by atoms with Crippen molar-refractivity contribution in [2.45, 2.75) is 0 Å². The SMILES string of the molecule is Oc1cc(Cl)ccc1-c1ccc(F)cc1F. The smallest absolute Gasteiger partial charge is 0.134 e. The fourth-order valence-electron chi connectivity index (χ4n) is 1.44. The molecule has 0 bridgehead atoms. The van der Waals surface area contributed by atoms with Crippen LogP contribution in [0.15, 0.2) is 36.4 Å². The summed E-state index contributed by atoms with van der Waals surface area (Å²) in [5.41, 5.74) is 0.414. The fraction of sp³-hybridized carbons (Fsp3) is 0. The van der Waals surface area contributed by atoms with E-state index < -0.39 is 11.6 Å². The molecule has 1 N–H and O–H groups in total. The Bertz CT molecular complexity index is 491. The maximum absolute atomic E-state index is 13.4. The lowest BCUT2D eigenvalue weighted by molar-refractivity contribution is 0.476. The van der Waals surface area contributed by atoms with Crippen LogP contribution in [0.5, 0.6) is 5.75 Å². The van der Waals surface area contributed by atoms with Crippen molar-refractivity contribution in [1.29, 1.82) is 0 Å². The molecule has 0 heterocycles. The fourth-order valence-corrected chi connectivity index (χ4v) is 1.61. The van der Waals surface area contributed by atoms with Gasteiger partial charge in [-0.15, -0.1) is 0 Å². The van der Waals surface area contributed by atoms with Gasteiger partial charge in [0.1, 0.15) is 17.4 Å². The first kappa shape index (κ1) is 10.9. The van der Waals surface area contributed by atoms with Gasteiger partial charge in [-0.1, -0.05) is 11.6 Å². The summed E-state index contributed by atoms with van der Waals surface area (Å²) in [6.07, 6.45) is 0. The summed E-state index contributed by atoms with van der Waals surface area (Å²) in [5.74, 6) is -1.52. The van der Waals surface area contributed by atoms with E-state index in [-0.39, 0.29) is 16.9 Å². The molecule has 0 spiro atoms. The third-order valence-corrected chi connectivity index (χ3v) is 2.42. The summed E-state index contributed by atoms with van der Waals surface area (Å²) in [6.45, 7) is 0.